The Morgan fingerprint density at radius 1 is 1.19 bits per heavy atom. The minimum Gasteiger partial charge on any atom is -0.496 e. The Bertz CT molecular complexity index is 638. The molecule has 2 aromatic rings. The van der Waals surface area contributed by atoms with E-state index < -0.39 is 0 Å². The highest BCUT2D eigenvalue weighted by molar-refractivity contribution is 9.10. The van der Waals surface area contributed by atoms with Crippen LogP contribution in [0.2, 0.25) is 0 Å². The third kappa shape index (κ3) is 3.85. The molecular formula is C17H18BrNO2. The van der Waals surface area contributed by atoms with Gasteiger partial charge in [0.25, 0.3) is 5.91 Å². The first-order valence-electron chi connectivity index (χ1n) is 6.66. The van der Waals surface area contributed by atoms with Crippen LogP contribution in [0.3, 0.4) is 0 Å². The number of hydrogen-bond donors (Lipinski definition) is 0. The fraction of sp³-hybridized carbons (Fsp3) is 0.235. The Morgan fingerprint density at radius 2 is 1.86 bits per heavy atom. The van der Waals surface area contributed by atoms with E-state index in [1.54, 1.807) is 31.2 Å². The molecule has 0 bridgehead atoms. The molecule has 3 nitrogen and oxygen atoms in total. The fourth-order valence-corrected chi connectivity index (χ4v) is 2.43. The number of benzene rings is 2. The zero-order valence-corrected chi connectivity index (χ0v) is 14.0. The molecule has 0 saturated heterocycles. The number of rotatable bonds is 4. The van der Waals surface area contributed by atoms with Gasteiger partial charge in [0.1, 0.15) is 5.75 Å². The normalized spacial score (nSPS) is 10.3. The Hall–Kier alpha value is -1.81. The van der Waals surface area contributed by atoms with Crippen LogP contribution in [-0.4, -0.2) is 25.0 Å². The van der Waals surface area contributed by atoms with E-state index in [0.717, 1.165) is 10.0 Å². The van der Waals surface area contributed by atoms with Crippen LogP contribution in [0.5, 0.6) is 5.75 Å². The fourth-order valence-electron chi connectivity index (χ4n) is 2.09. The van der Waals surface area contributed by atoms with Gasteiger partial charge in [-0.3, -0.25) is 4.79 Å². The van der Waals surface area contributed by atoms with Crippen molar-refractivity contribution in [3.05, 3.63) is 63.6 Å². The summed E-state index contributed by atoms with van der Waals surface area (Å²) in [5.41, 5.74) is 2.88. The molecule has 0 aliphatic carbocycles. The molecule has 0 aromatic heterocycles. The highest BCUT2D eigenvalue weighted by Crippen LogP contribution is 2.24. The van der Waals surface area contributed by atoms with Crippen LogP contribution < -0.4 is 4.74 Å². The van der Waals surface area contributed by atoms with Gasteiger partial charge in [-0.15, -0.1) is 0 Å². The number of carbonyl (C=O) groups excluding carboxylic acids is 1. The number of amides is 1. The van der Waals surface area contributed by atoms with Gasteiger partial charge in [0.2, 0.25) is 0 Å². The lowest BCUT2D eigenvalue weighted by Gasteiger charge is -2.19. The molecule has 1 amide bonds. The maximum atomic E-state index is 12.5. The van der Waals surface area contributed by atoms with Crippen molar-refractivity contribution >= 4 is 21.8 Å². The van der Waals surface area contributed by atoms with Crippen molar-refractivity contribution in [3.8, 4) is 5.75 Å². The van der Waals surface area contributed by atoms with E-state index in [4.69, 9.17) is 4.74 Å². The van der Waals surface area contributed by atoms with Gasteiger partial charge in [-0.05, 0) is 30.7 Å². The van der Waals surface area contributed by atoms with Crippen LogP contribution in [0.1, 0.15) is 21.5 Å². The van der Waals surface area contributed by atoms with Crippen molar-refractivity contribution in [1.82, 2.24) is 4.90 Å². The first-order valence-corrected chi connectivity index (χ1v) is 7.45. The topological polar surface area (TPSA) is 29.5 Å². The number of halogens is 1. The Labute approximate surface area is 133 Å². The van der Waals surface area contributed by atoms with Crippen molar-refractivity contribution in [2.45, 2.75) is 13.5 Å². The molecule has 0 aliphatic heterocycles. The van der Waals surface area contributed by atoms with Gasteiger partial charge in [0, 0.05) is 18.1 Å². The molecule has 0 aliphatic rings. The highest BCUT2D eigenvalue weighted by atomic mass is 79.9. The summed E-state index contributed by atoms with van der Waals surface area (Å²) >= 11 is 3.38. The second kappa shape index (κ2) is 6.76. The first-order chi connectivity index (χ1) is 10.0. The number of carbonyl (C=O) groups is 1. The Kier molecular flexibility index (Phi) is 5.02. The van der Waals surface area contributed by atoms with Crippen LogP contribution in [-0.2, 0) is 6.54 Å². The van der Waals surface area contributed by atoms with Gasteiger partial charge < -0.3 is 9.64 Å². The largest absolute Gasteiger partial charge is 0.496 e. The van der Waals surface area contributed by atoms with Crippen molar-refractivity contribution in [2.24, 2.45) is 0 Å². The lowest BCUT2D eigenvalue weighted by Crippen LogP contribution is -2.26. The quantitative estimate of drug-likeness (QED) is 0.835. The minimum atomic E-state index is -0.0556. The van der Waals surface area contributed by atoms with E-state index in [2.05, 4.69) is 15.9 Å². The van der Waals surface area contributed by atoms with E-state index in [1.165, 1.54) is 5.56 Å². The maximum Gasteiger partial charge on any atom is 0.257 e. The Morgan fingerprint density at radius 3 is 2.48 bits per heavy atom. The van der Waals surface area contributed by atoms with Gasteiger partial charge in [-0.25, -0.2) is 0 Å². The average molecular weight is 348 g/mol. The van der Waals surface area contributed by atoms with Crippen LogP contribution in [0.15, 0.2) is 46.9 Å². The van der Waals surface area contributed by atoms with Crippen molar-refractivity contribution in [1.29, 1.82) is 0 Å². The summed E-state index contributed by atoms with van der Waals surface area (Å²) in [4.78, 5) is 14.2. The third-order valence-corrected chi connectivity index (χ3v) is 3.77. The van der Waals surface area contributed by atoms with Crippen LogP contribution in [0.4, 0.5) is 0 Å². The van der Waals surface area contributed by atoms with Crippen LogP contribution in [0.25, 0.3) is 0 Å². The Balaban J connectivity index is 2.17. The molecule has 110 valence electrons. The zero-order valence-electron chi connectivity index (χ0n) is 12.4. The molecule has 0 fully saturated rings. The van der Waals surface area contributed by atoms with Gasteiger partial charge in [-0.1, -0.05) is 45.8 Å². The predicted octanol–water partition coefficient (Wildman–Crippen LogP) is 4.04. The highest BCUT2D eigenvalue weighted by Gasteiger charge is 2.17. The molecule has 0 atom stereocenters. The number of methoxy groups -OCH3 is 1. The molecule has 0 N–H and O–H groups in total. The second-order valence-electron chi connectivity index (χ2n) is 4.99. The van der Waals surface area contributed by atoms with E-state index in [9.17, 15) is 4.79 Å². The molecular weight excluding hydrogens is 330 g/mol. The minimum absolute atomic E-state index is 0.0556. The first kappa shape index (κ1) is 15.6. The average Bonchev–Trinajstić information content (AvgIpc) is 2.48. The number of aryl methyl sites for hydroxylation is 1. The number of nitrogens with zero attached hydrogens (tertiary/aromatic N) is 1. The van der Waals surface area contributed by atoms with E-state index in [-0.39, 0.29) is 5.91 Å². The van der Waals surface area contributed by atoms with Gasteiger partial charge in [-0.2, -0.15) is 0 Å². The van der Waals surface area contributed by atoms with Crippen molar-refractivity contribution in [2.75, 3.05) is 14.2 Å². The van der Waals surface area contributed by atoms with E-state index >= 15 is 0 Å². The summed E-state index contributed by atoms with van der Waals surface area (Å²) in [5, 5.41) is 0. The molecule has 21 heavy (non-hydrogen) atoms. The summed E-state index contributed by atoms with van der Waals surface area (Å²) in [5.74, 6) is 0.519. The third-order valence-electron chi connectivity index (χ3n) is 3.28. The number of hydrogen-bond acceptors (Lipinski definition) is 2. The SMILES string of the molecule is COc1cc(Br)ccc1C(=O)N(C)Cc1ccc(C)cc1. The molecule has 0 unspecified atom stereocenters. The van der Waals surface area contributed by atoms with Crippen molar-refractivity contribution in [3.63, 3.8) is 0 Å². The number of ether oxygens (including phenoxy) is 1. The van der Waals surface area contributed by atoms with Gasteiger partial charge >= 0.3 is 0 Å². The summed E-state index contributed by atoms with van der Waals surface area (Å²) in [6.07, 6.45) is 0. The molecule has 0 heterocycles. The standard InChI is InChI=1S/C17H18BrNO2/c1-12-4-6-13(7-5-12)11-19(2)17(20)15-9-8-14(18)10-16(15)21-3/h4-10H,11H2,1-3H3. The van der Waals surface area contributed by atoms with Gasteiger partial charge in [0.05, 0.1) is 12.7 Å². The summed E-state index contributed by atoms with van der Waals surface area (Å²) in [6.45, 7) is 2.61. The monoisotopic (exact) mass is 347 g/mol. The van der Waals surface area contributed by atoms with E-state index in [0.29, 0.717) is 17.9 Å². The lowest BCUT2D eigenvalue weighted by atomic mass is 10.1. The molecule has 0 radical (unpaired) electrons. The summed E-state index contributed by atoms with van der Waals surface area (Å²) in [7, 11) is 3.36. The predicted molar refractivity (Wildman–Crippen MR) is 87.7 cm³/mol. The van der Waals surface area contributed by atoms with E-state index in [1.807, 2.05) is 37.3 Å². The molecule has 0 spiro atoms. The van der Waals surface area contributed by atoms with Crippen LogP contribution >= 0.6 is 15.9 Å². The van der Waals surface area contributed by atoms with Crippen molar-refractivity contribution < 1.29 is 9.53 Å². The summed E-state index contributed by atoms with van der Waals surface area (Å²) in [6, 6.07) is 13.6. The summed E-state index contributed by atoms with van der Waals surface area (Å²) < 4.78 is 6.17. The zero-order chi connectivity index (χ0) is 15.4. The smallest absolute Gasteiger partial charge is 0.257 e. The molecule has 4 heteroatoms. The molecule has 0 saturated carbocycles. The van der Waals surface area contributed by atoms with Gasteiger partial charge in [0.15, 0.2) is 0 Å². The maximum absolute atomic E-state index is 12.5. The molecule has 2 aromatic carbocycles. The van der Waals surface area contributed by atoms with Crippen LogP contribution in [0, 0.1) is 6.92 Å². The second-order valence-corrected chi connectivity index (χ2v) is 5.91. The molecule has 2 rings (SSSR count). The lowest BCUT2D eigenvalue weighted by molar-refractivity contribution is 0.0781.